The summed E-state index contributed by atoms with van der Waals surface area (Å²) in [5.74, 6) is 0.330. The van der Waals surface area contributed by atoms with Crippen LogP contribution in [0.1, 0.15) is 30.4 Å². The van der Waals surface area contributed by atoms with Gasteiger partial charge in [0.05, 0.1) is 29.0 Å². The van der Waals surface area contributed by atoms with Crippen LogP contribution in [0.15, 0.2) is 205 Å². The van der Waals surface area contributed by atoms with Gasteiger partial charge in [-0.2, -0.15) is 0 Å². The van der Waals surface area contributed by atoms with Crippen LogP contribution in [0.3, 0.4) is 0 Å². The average molecular weight is 887 g/mol. The Labute approximate surface area is 392 Å². The largest absolute Gasteiger partial charge is 0.455 e. The third kappa shape index (κ3) is 7.38. The molecule has 0 N–H and O–H groups in total. The molecule has 1 aliphatic carbocycles. The van der Waals surface area contributed by atoms with Gasteiger partial charge in [-0.3, -0.25) is 0 Å². The number of nitrogens with zero attached hydrogens (tertiary/aromatic N) is 2. The predicted octanol–water partition coefficient (Wildman–Crippen LogP) is 15.9. The molecule has 10 aromatic rings. The standard InChI is InChI=1S/C61H54N2OSi2/c1-41-17-16-24-54-59(41)55-39-46(62(45-29-35-49(36-30-45)66(3,4)5)56-25-14-12-22-50(56)42-18-8-6-9-19-42)31-37-52(55)61-60(54)53-38-32-47(40-58(53)64-61)63(44-27-33-48(65-2)34-28-44)57-26-15-13-23-51(57)43-20-10-7-11-21-43/h6-16,18-41H,17,65H2,1-5H3. The van der Waals surface area contributed by atoms with Crippen LogP contribution in [0.25, 0.3) is 61.0 Å². The summed E-state index contributed by atoms with van der Waals surface area (Å²) >= 11 is 0. The molecule has 1 heterocycles. The molecule has 66 heavy (non-hydrogen) atoms. The molecule has 1 atom stereocenters. The second kappa shape index (κ2) is 17.0. The second-order valence-corrected chi connectivity index (χ2v) is 25.4. The summed E-state index contributed by atoms with van der Waals surface area (Å²) < 4.78 is 7.21. The van der Waals surface area contributed by atoms with Gasteiger partial charge in [0.2, 0.25) is 0 Å². The number of anilines is 6. The molecule has 1 aromatic heterocycles. The van der Waals surface area contributed by atoms with Gasteiger partial charge < -0.3 is 14.2 Å². The van der Waals surface area contributed by atoms with Crippen LogP contribution < -0.4 is 20.2 Å². The summed E-state index contributed by atoms with van der Waals surface area (Å²) in [5.41, 5.74) is 15.9. The minimum atomic E-state index is -1.52. The van der Waals surface area contributed by atoms with Crippen molar-refractivity contribution in [3.05, 3.63) is 211 Å². The Balaban J connectivity index is 1.12. The molecule has 0 saturated heterocycles. The van der Waals surface area contributed by atoms with Crippen molar-refractivity contribution in [2.24, 2.45) is 0 Å². The Morgan fingerprint density at radius 3 is 1.62 bits per heavy atom. The summed E-state index contributed by atoms with van der Waals surface area (Å²) in [4.78, 5) is 4.85. The first-order chi connectivity index (χ1) is 32.2. The van der Waals surface area contributed by atoms with Crippen molar-refractivity contribution in [1.82, 2.24) is 0 Å². The van der Waals surface area contributed by atoms with Gasteiger partial charge in [0, 0.05) is 56.1 Å². The molecule has 0 bridgehead atoms. The summed E-state index contributed by atoms with van der Waals surface area (Å²) in [6.45, 7) is 12.0. The van der Waals surface area contributed by atoms with E-state index in [9.17, 15) is 0 Å². The number of para-hydroxylation sites is 2. The number of benzene rings is 9. The molecule has 0 amide bonds. The Kier molecular flexibility index (Phi) is 10.7. The molecule has 11 rings (SSSR count). The lowest BCUT2D eigenvalue weighted by atomic mass is 9.82. The van der Waals surface area contributed by atoms with Crippen molar-refractivity contribution in [3.8, 4) is 22.3 Å². The van der Waals surface area contributed by atoms with E-state index in [0.29, 0.717) is 5.92 Å². The zero-order chi connectivity index (χ0) is 44.9. The monoisotopic (exact) mass is 886 g/mol. The maximum absolute atomic E-state index is 7.21. The first-order valence-electron chi connectivity index (χ1n) is 23.5. The van der Waals surface area contributed by atoms with Crippen LogP contribution in [0.5, 0.6) is 0 Å². The van der Waals surface area contributed by atoms with Gasteiger partial charge in [-0.1, -0.05) is 177 Å². The van der Waals surface area contributed by atoms with Gasteiger partial charge in [0.1, 0.15) is 11.2 Å². The van der Waals surface area contributed by atoms with Crippen LogP contribution in [0, 0.1) is 0 Å². The molecule has 0 fully saturated rings. The molecule has 0 saturated carbocycles. The van der Waals surface area contributed by atoms with Crippen LogP contribution in [0.2, 0.25) is 26.2 Å². The van der Waals surface area contributed by atoms with Gasteiger partial charge in [0.25, 0.3) is 0 Å². The number of furan rings is 1. The van der Waals surface area contributed by atoms with Gasteiger partial charge in [-0.25, -0.2) is 0 Å². The first-order valence-corrected chi connectivity index (χ1v) is 29.1. The zero-order valence-corrected chi connectivity index (χ0v) is 40.8. The van der Waals surface area contributed by atoms with E-state index in [1.807, 2.05) is 0 Å². The Hall–Kier alpha value is -7.19. The average Bonchev–Trinajstić information content (AvgIpc) is 3.75. The molecule has 1 aliphatic rings. The summed E-state index contributed by atoms with van der Waals surface area (Å²) in [5, 5.41) is 7.61. The van der Waals surface area contributed by atoms with Crippen LogP contribution in [-0.4, -0.2) is 17.6 Å². The highest BCUT2D eigenvalue weighted by Gasteiger charge is 2.27. The van der Waals surface area contributed by atoms with E-state index in [0.717, 1.165) is 62.5 Å². The lowest BCUT2D eigenvalue weighted by molar-refractivity contribution is 0.672. The SMILES string of the molecule is C[SiH2]c1ccc(N(c2ccc3c(c2)oc2c4ccc(N(c5ccc([Si](C)(C)C)cc5)c5ccccc5-c5ccccc5)cc4c4c(c32)C=CCC4C)c2ccccc2-c2ccccc2)cc1. The van der Waals surface area contributed by atoms with Crippen molar-refractivity contribution >= 4 is 101 Å². The second-order valence-electron chi connectivity index (χ2n) is 18.8. The van der Waals surface area contributed by atoms with Crippen molar-refractivity contribution in [3.63, 3.8) is 0 Å². The molecule has 9 aromatic carbocycles. The van der Waals surface area contributed by atoms with E-state index < -0.39 is 8.07 Å². The Bertz CT molecular complexity index is 3420. The minimum Gasteiger partial charge on any atom is -0.455 e. The van der Waals surface area contributed by atoms with Crippen LogP contribution in [0.4, 0.5) is 34.1 Å². The minimum absolute atomic E-state index is 0.290. The fourth-order valence-electron chi connectivity index (χ4n) is 10.2. The zero-order valence-electron chi connectivity index (χ0n) is 38.4. The molecule has 0 aliphatic heterocycles. The predicted molar refractivity (Wildman–Crippen MR) is 291 cm³/mol. The first kappa shape index (κ1) is 41.5. The number of hydrogen-bond donors (Lipinski definition) is 0. The Morgan fingerprint density at radius 2 is 1.05 bits per heavy atom. The van der Waals surface area contributed by atoms with E-state index in [1.54, 1.807) is 0 Å². The van der Waals surface area contributed by atoms with Gasteiger partial charge in [-0.15, -0.1) is 0 Å². The maximum Gasteiger partial charge on any atom is 0.143 e. The number of fused-ring (bicyclic) bond motifs is 8. The van der Waals surface area contributed by atoms with Crippen molar-refractivity contribution in [2.45, 2.75) is 45.5 Å². The lowest BCUT2D eigenvalue weighted by Crippen LogP contribution is -2.37. The van der Waals surface area contributed by atoms with E-state index in [2.05, 4.69) is 249 Å². The third-order valence-electron chi connectivity index (χ3n) is 13.6. The highest BCUT2D eigenvalue weighted by molar-refractivity contribution is 6.88. The smallest absolute Gasteiger partial charge is 0.143 e. The summed E-state index contributed by atoms with van der Waals surface area (Å²) in [6, 6.07) is 71.5. The third-order valence-corrected chi connectivity index (χ3v) is 17.0. The van der Waals surface area contributed by atoms with E-state index in [1.165, 1.54) is 54.5 Å². The van der Waals surface area contributed by atoms with Gasteiger partial charge in [0.15, 0.2) is 0 Å². The molecule has 0 spiro atoms. The molecule has 0 radical (unpaired) electrons. The fourth-order valence-corrected chi connectivity index (χ4v) is 12.0. The highest BCUT2D eigenvalue weighted by atomic mass is 28.3. The van der Waals surface area contributed by atoms with E-state index in [4.69, 9.17) is 4.42 Å². The highest BCUT2D eigenvalue weighted by Crippen LogP contribution is 2.49. The van der Waals surface area contributed by atoms with Crippen molar-refractivity contribution < 1.29 is 4.42 Å². The van der Waals surface area contributed by atoms with E-state index >= 15 is 0 Å². The molecular weight excluding hydrogens is 833 g/mol. The molecule has 1 unspecified atom stereocenters. The molecular formula is C61H54N2OSi2. The maximum atomic E-state index is 7.21. The van der Waals surface area contributed by atoms with Gasteiger partial charge in [-0.05, 0) is 107 Å². The fraction of sp³-hybridized carbons (Fsp3) is 0.115. The molecule has 322 valence electrons. The van der Waals surface area contributed by atoms with Gasteiger partial charge >= 0.3 is 0 Å². The van der Waals surface area contributed by atoms with Crippen LogP contribution in [-0.2, 0) is 0 Å². The molecule has 3 nitrogen and oxygen atoms in total. The van der Waals surface area contributed by atoms with Crippen molar-refractivity contribution in [1.29, 1.82) is 0 Å². The molecule has 5 heteroatoms. The lowest BCUT2D eigenvalue weighted by Gasteiger charge is -2.29. The van der Waals surface area contributed by atoms with Crippen molar-refractivity contribution in [2.75, 3.05) is 9.80 Å². The number of hydrogen-bond acceptors (Lipinski definition) is 3. The number of allylic oxidation sites excluding steroid dienone is 1. The summed E-state index contributed by atoms with van der Waals surface area (Å²) in [6.07, 6.45) is 5.69. The quantitative estimate of drug-likeness (QED) is 0.128. The Morgan fingerprint density at radius 1 is 0.530 bits per heavy atom. The normalized spacial score (nSPS) is 13.8. The number of rotatable bonds is 10. The van der Waals surface area contributed by atoms with E-state index in [-0.39, 0.29) is 9.52 Å². The summed E-state index contributed by atoms with van der Waals surface area (Å²) in [7, 11) is -1.81. The van der Waals surface area contributed by atoms with Crippen LogP contribution >= 0.6 is 0 Å². The topological polar surface area (TPSA) is 19.6 Å².